The van der Waals surface area contributed by atoms with Crippen LogP contribution in [0, 0.1) is 5.92 Å². The third kappa shape index (κ3) is 5.33. The van der Waals surface area contributed by atoms with Crippen LogP contribution in [0.5, 0.6) is 0 Å². The topological polar surface area (TPSA) is 116 Å². The van der Waals surface area contributed by atoms with Crippen LogP contribution in [-0.2, 0) is 9.84 Å². The average molecular weight is 396 g/mol. The summed E-state index contributed by atoms with van der Waals surface area (Å²) in [6, 6.07) is 2.89. The molecular weight excluding hydrogens is 378 g/mol. The lowest BCUT2D eigenvalue weighted by atomic mass is 10.0. The average Bonchev–Trinajstić information content (AvgIpc) is 3.08. The Kier molecular flexibility index (Phi) is 6.07. The summed E-state index contributed by atoms with van der Waals surface area (Å²) in [5, 5.41) is 14.7. The van der Waals surface area contributed by atoms with E-state index in [9.17, 15) is 18.0 Å². The molecule has 0 aliphatic carbocycles. The summed E-state index contributed by atoms with van der Waals surface area (Å²) in [5.41, 5.74) is 0. The van der Waals surface area contributed by atoms with Crippen LogP contribution in [0.1, 0.15) is 9.67 Å². The third-order valence-electron chi connectivity index (χ3n) is 3.64. The van der Waals surface area contributed by atoms with Gasteiger partial charge in [0.25, 0.3) is 5.91 Å². The van der Waals surface area contributed by atoms with Crippen molar-refractivity contribution in [1.29, 1.82) is 0 Å². The highest BCUT2D eigenvalue weighted by Crippen LogP contribution is 2.22. The number of carbonyl (C=O) groups is 2. The lowest BCUT2D eigenvalue weighted by Crippen LogP contribution is -2.43. The van der Waals surface area contributed by atoms with Crippen LogP contribution < -0.4 is 10.6 Å². The molecule has 2 rings (SSSR count). The van der Waals surface area contributed by atoms with Crippen molar-refractivity contribution in [3.63, 3.8) is 0 Å². The summed E-state index contributed by atoms with van der Waals surface area (Å²) in [6.45, 7) is 0.637. The number of carbonyl (C=O) groups excluding carboxylic acids is 1. The second-order valence-corrected chi connectivity index (χ2v) is 9.50. The van der Waals surface area contributed by atoms with E-state index in [1.807, 2.05) is 0 Å². The molecule has 0 radical (unpaired) electrons. The van der Waals surface area contributed by atoms with E-state index in [1.165, 1.54) is 4.90 Å². The first-order valence-corrected chi connectivity index (χ1v) is 10.3. The van der Waals surface area contributed by atoms with E-state index in [1.54, 1.807) is 12.1 Å². The molecule has 0 saturated carbocycles. The van der Waals surface area contributed by atoms with E-state index < -0.39 is 15.9 Å². The number of nitrogens with zero attached hydrogens (tertiary/aromatic N) is 1. The fourth-order valence-corrected chi connectivity index (χ4v) is 3.95. The van der Waals surface area contributed by atoms with Crippen molar-refractivity contribution in [3.8, 4) is 0 Å². The Morgan fingerprint density at radius 3 is 2.67 bits per heavy atom. The van der Waals surface area contributed by atoms with E-state index in [2.05, 4.69) is 10.6 Å². The van der Waals surface area contributed by atoms with Crippen LogP contribution in [0.2, 0.25) is 4.34 Å². The van der Waals surface area contributed by atoms with Crippen molar-refractivity contribution in [3.05, 3.63) is 21.3 Å². The maximum Gasteiger partial charge on any atom is 0.407 e. The van der Waals surface area contributed by atoms with Crippen molar-refractivity contribution in [2.75, 3.05) is 31.8 Å². The highest BCUT2D eigenvalue weighted by molar-refractivity contribution is 7.90. The summed E-state index contributed by atoms with van der Waals surface area (Å²) in [6.07, 6.45) is 0.0290. The van der Waals surface area contributed by atoms with Gasteiger partial charge in [-0.2, -0.15) is 0 Å². The molecule has 0 bridgehead atoms. The lowest BCUT2D eigenvalue weighted by molar-refractivity contribution is 0.0950. The molecule has 1 aliphatic heterocycles. The minimum atomic E-state index is -3.22. The minimum absolute atomic E-state index is 0.177. The van der Waals surface area contributed by atoms with Gasteiger partial charge in [-0.1, -0.05) is 11.6 Å². The second-order valence-electron chi connectivity index (χ2n) is 5.64. The normalized spacial score (nSPS) is 21.0. The molecule has 24 heavy (non-hydrogen) atoms. The number of carboxylic acid groups (broad SMARTS) is 1. The zero-order chi connectivity index (χ0) is 17.9. The number of hydrogen-bond donors (Lipinski definition) is 3. The van der Waals surface area contributed by atoms with Crippen molar-refractivity contribution in [1.82, 2.24) is 15.5 Å². The summed E-state index contributed by atoms with van der Waals surface area (Å²) in [4.78, 5) is 24.9. The van der Waals surface area contributed by atoms with E-state index in [0.29, 0.717) is 9.21 Å². The Morgan fingerprint density at radius 1 is 1.42 bits per heavy atom. The Balaban J connectivity index is 1.96. The minimum Gasteiger partial charge on any atom is -0.465 e. The molecule has 1 aromatic heterocycles. The largest absolute Gasteiger partial charge is 0.465 e. The van der Waals surface area contributed by atoms with E-state index in [-0.39, 0.29) is 43.4 Å². The molecule has 2 atom stereocenters. The van der Waals surface area contributed by atoms with Crippen molar-refractivity contribution in [2.24, 2.45) is 5.92 Å². The van der Waals surface area contributed by atoms with Crippen LogP contribution in [0.25, 0.3) is 0 Å². The number of sulfone groups is 1. The molecule has 2 amide bonds. The van der Waals surface area contributed by atoms with Gasteiger partial charge in [0.1, 0.15) is 0 Å². The fourth-order valence-electron chi connectivity index (χ4n) is 2.47. The molecule has 8 nitrogen and oxygen atoms in total. The Labute approximate surface area is 148 Å². The maximum absolute atomic E-state index is 12.0. The standard InChI is InChI=1S/C13H18ClN3O5S2/c1-24(21,22)7-16-9-6-17(13(19)20)5-8(9)4-15-12(18)10-2-3-11(14)23-10/h2-3,8-9,16H,4-7H2,1H3,(H,15,18)(H,19,20)/t8-,9?/m1/s1. The number of hydrogen-bond acceptors (Lipinski definition) is 6. The van der Waals surface area contributed by atoms with E-state index in [4.69, 9.17) is 16.7 Å². The Morgan fingerprint density at radius 2 is 2.12 bits per heavy atom. The Bertz CT molecular complexity index is 721. The highest BCUT2D eigenvalue weighted by Gasteiger charge is 2.35. The van der Waals surface area contributed by atoms with Crippen molar-refractivity contribution < 1.29 is 23.1 Å². The summed E-state index contributed by atoms with van der Waals surface area (Å²) >= 11 is 6.94. The molecule has 1 unspecified atom stereocenters. The molecule has 3 N–H and O–H groups in total. The number of thiophene rings is 1. The van der Waals surface area contributed by atoms with Gasteiger partial charge in [-0.05, 0) is 12.1 Å². The summed E-state index contributed by atoms with van der Waals surface area (Å²) in [7, 11) is -3.22. The second kappa shape index (κ2) is 7.68. The molecule has 0 aromatic carbocycles. The van der Waals surface area contributed by atoms with Gasteiger partial charge >= 0.3 is 6.09 Å². The monoisotopic (exact) mass is 395 g/mol. The van der Waals surface area contributed by atoms with Gasteiger partial charge in [0.15, 0.2) is 9.84 Å². The van der Waals surface area contributed by atoms with Gasteiger partial charge < -0.3 is 15.3 Å². The smallest absolute Gasteiger partial charge is 0.407 e. The molecule has 0 spiro atoms. The van der Waals surface area contributed by atoms with Gasteiger partial charge in [0.05, 0.1) is 15.1 Å². The maximum atomic E-state index is 12.0. The van der Waals surface area contributed by atoms with Crippen LogP contribution in [-0.4, -0.2) is 68.2 Å². The zero-order valence-electron chi connectivity index (χ0n) is 12.9. The quantitative estimate of drug-likeness (QED) is 0.653. The molecule has 11 heteroatoms. The summed E-state index contributed by atoms with van der Waals surface area (Å²) in [5.74, 6) is -0.749. The first kappa shape index (κ1) is 19.0. The lowest BCUT2D eigenvalue weighted by Gasteiger charge is -2.19. The predicted molar refractivity (Wildman–Crippen MR) is 91.4 cm³/mol. The molecule has 2 heterocycles. The number of rotatable bonds is 6. The van der Waals surface area contributed by atoms with Crippen molar-refractivity contribution in [2.45, 2.75) is 6.04 Å². The zero-order valence-corrected chi connectivity index (χ0v) is 15.2. The molecule has 1 fully saturated rings. The van der Waals surface area contributed by atoms with Crippen molar-refractivity contribution >= 4 is 44.8 Å². The molecular formula is C13H18ClN3O5S2. The van der Waals surface area contributed by atoms with Crippen LogP contribution in [0.15, 0.2) is 12.1 Å². The summed E-state index contributed by atoms with van der Waals surface area (Å²) < 4.78 is 23.1. The highest BCUT2D eigenvalue weighted by atomic mass is 35.5. The number of amides is 2. The van der Waals surface area contributed by atoms with E-state index >= 15 is 0 Å². The first-order valence-electron chi connectivity index (χ1n) is 7.08. The molecule has 1 aliphatic rings. The number of likely N-dealkylation sites (tertiary alicyclic amines) is 1. The van der Waals surface area contributed by atoms with Gasteiger partial charge in [0, 0.05) is 37.8 Å². The molecule has 1 saturated heterocycles. The van der Waals surface area contributed by atoms with Crippen LogP contribution in [0.4, 0.5) is 4.79 Å². The van der Waals surface area contributed by atoms with Crippen LogP contribution >= 0.6 is 22.9 Å². The SMILES string of the molecule is CS(=O)(=O)CNC1CN(C(=O)O)C[C@H]1CNC(=O)c1ccc(Cl)s1. The Hall–Kier alpha value is -1.36. The number of nitrogens with one attached hydrogen (secondary N) is 2. The van der Waals surface area contributed by atoms with Gasteiger partial charge in [-0.25, -0.2) is 13.2 Å². The number of halogens is 1. The molecule has 134 valence electrons. The van der Waals surface area contributed by atoms with Gasteiger partial charge in [0.2, 0.25) is 0 Å². The molecule has 1 aromatic rings. The van der Waals surface area contributed by atoms with Crippen LogP contribution in [0.3, 0.4) is 0 Å². The van der Waals surface area contributed by atoms with Gasteiger partial charge in [-0.3, -0.25) is 10.1 Å². The third-order valence-corrected chi connectivity index (χ3v) is 5.56. The fraction of sp³-hybridized carbons (Fsp3) is 0.538. The van der Waals surface area contributed by atoms with Gasteiger partial charge in [-0.15, -0.1) is 11.3 Å². The van der Waals surface area contributed by atoms with E-state index in [0.717, 1.165) is 17.6 Å². The predicted octanol–water partition coefficient (Wildman–Crippen LogP) is 0.701. The first-order chi connectivity index (χ1) is 11.2.